The van der Waals surface area contributed by atoms with Gasteiger partial charge in [-0.1, -0.05) is 17.7 Å². The van der Waals surface area contributed by atoms with Crippen molar-refractivity contribution in [3.8, 4) is 5.75 Å². The third kappa shape index (κ3) is 2.44. The molecular weight excluding hydrogens is 257 g/mol. The van der Waals surface area contributed by atoms with Crippen LogP contribution < -0.4 is 4.74 Å². The number of methoxy groups -OCH3 is 1. The molecule has 5 heteroatoms. The topological polar surface area (TPSA) is 42.4 Å². The normalized spacial score (nSPS) is 12.2. The zero-order valence-electron chi connectivity index (χ0n) is 9.60. The molecule has 0 saturated heterocycles. The van der Waals surface area contributed by atoms with Crippen LogP contribution in [0, 0.1) is 5.82 Å². The van der Waals surface area contributed by atoms with Gasteiger partial charge in [-0.05, 0) is 23.8 Å². The summed E-state index contributed by atoms with van der Waals surface area (Å²) in [5.41, 5.74) is 0.650. The monoisotopic (exact) mass is 267 g/mol. The molecule has 94 valence electrons. The number of hydrogen-bond acceptors (Lipinski definition) is 3. The van der Waals surface area contributed by atoms with E-state index in [2.05, 4.69) is 4.98 Å². The lowest BCUT2D eigenvalue weighted by atomic mass is 10.0. The van der Waals surface area contributed by atoms with E-state index < -0.39 is 11.9 Å². The maximum Gasteiger partial charge on any atom is 0.147 e. The van der Waals surface area contributed by atoms with Gasteiger partial charge >= 0.3 is 0 Å². The molecule has 1 atom stereocenters. The number of halogens is 2. The number of aliphatic hydroxyl groups is 1. The average Bonchev–Trinajstić information content (AvgIpc) is 2.38. The number of aliphatic hydroxyl groups excluding tert-OH is 1. The first-order valence-corrected chi connectivity index (χ1v) is 5.62. The fourth-order valence-corrected chi connectivity index (χ4v) is 1.91. The van der Waals surface area contributed by atoms with Crippen LogP contribution >= 0.6 is 11.6 Å². The molecule has 0 aliphatic heterocycles. The van der Waals surface area contributed by atoms with Crippen molar-refractivity contribution < 1.29 is 14.2 Å². The van der Waals surface area contributed by atoms with Crippen molar-refractivity contribution in [2.24, 2.45) is 0 Å². The molecule has 0 aliphatic rings. The number of nitrogens with zero attached hydrogens (tertiary/aromatic N) is 1. The lowest BCUT2D eigenvalue weighted by molar-refractivity contribution is 0.214. The fourth-order valence-electron chi connectivity index (χ4n) is 1.64. The average molecular weight is 268 g/mol. The van der Waals surface area contributed by atoms with Gasteiger partial charge in [0, 0.05) is 11.8 Å². The second-order valence-electron chi connectivity index (χ2n) is 3.69. The first-order valence-electron chi connectivity index (χ1n) is 5.24. The van der Waals surface area contributed by atoms with Crippen LogP contribution in [-0.2, 0) is 0 Å². The minimum Gasteiger partial charge on any atom is -0.495 e. The fraction of sp³-hybridized carbons (Fsp3) is 0.154. The van der Waals surface area contributed by atoms with Gasteiger partial charge in [0.25, 0.3) is 0 Å². The van der Waals surface area contributed by atoms with E-state index in [-0.39, 0.29) is 5.56 Å². The first kappa shape index (κ1) is 12.8. The van der Waals surface area contributed by atoms with Crippen molar-refractivity contribution in [2.45, 2.75) is 6.10 Å². The third-order valence-electron chi connectivity index (χ3n) is 2.59. The van der Waals surface area contributed by atoms with Gasteiger partial charge in [-0.2, -0.15) is 0 Å². The Bertz CT molecular complexity index is 562. The summed E-state index contributed by atoms with van der Waals surface area (Å²) in [5.74, 6) is -0.0558. The van der Waals surface area contributed by atoms with E-state index in [4.69, 9.17) is 16.3 Å². The standard InChI is InChI=1S/C13H11ClFNO2/c1-18-12-3-2-8(6-10(12)14)13(17)9-4-5-16-7-11(9)15/h2-7,13,17H,1H3. The van der Waals surface area contributed by atoms with Gasteiger partial charge in [-0.25, -0.2) is 4.39 Å². The van der Waals surface area contributed by atoms with Gasteiger partial charge in [0.15, 0.2) is 0 Å². The SMILES string of the molecule is COc1ccc(C(O)c2ccncc2F)cc1Cl. The minimum atomic E-state index is -1.09. The molecule has 2 rings (SSSR count). The summed E-state index contributed by atoms with van der Waals surface area (Å²) in [6, 6.07) is 6.23. The Morgan fingerprint density at radius 1 is 1.39 bits per heavy atom. The molecule has 0 radical (unpaired) electrons. The summed E-state index contributed by atoms with van der Waals surface area (Å²) in [4.78, 5) is 3.63. The largest absolute Gasteiger partial charge is 0.495 e. The number of ether oxygens (including phenoxy) is 1. The molecule has 3 nitrogen and oxygen atoms in total. The molecule has 0 aliphatic carbocycles. The van der Waals surface area contributed by atoms with Crippen LogP contribution in [0.1, 0.15) is 17.2 Å². The van der Waals surface area contributed by atoms with Crippen LogP contribution in [0.2, 0.25) is 5.02 Å². The van der Waals surface area contributed by atoms with Crippen molar-refractivity contribution in [2.75, 3.05) is 7.11 Å². The quantitative estimate of drug-likeness (QED) is 0.930. The van der Waals surface area contributed by atoms with E-state index >= 15 is 0 Å². The highest BCUT2D eigenvalue weighted by Crippen LogP contribution is 2.30. The van der Waals surface area contributed by atoms with E-state index in [9.17, 15) is 9.50 Å². The van der Waals surface area contributed by atoms with Crippen molar-refractivity contribution in [1.29, 1.82) is 0 Å². The van der Waals surface area contributed by atoms with Crippen LogP contribution in [0.15, 0.2) is 36.7 Å². The molecule has 1 heterocycles. The van der Waals surface area contributed by atoms with Crippen molar-refractivity contribution >= 4 is 11.6 Å². The Kier molecular flexibility index (Phi) is 3.79. The lowest BCUT2D eigenvalue weighted by Gasteiger charge is -2.13. The molecular formula is C13H11ClFNO2. The molecule has 1 unspecified atom stereocenters. The highest BCUT2D eigenvalue weighted by molar-refractivity contribution is 6.32. The van der Waals surface area contributed by atoms with Crippen molar-refractivity contribution in [3.05, 3.63) is 58.6 Å². The van der Waals surface area contributed by atoms with Crippen molar-refractivity contribution in [3.63, 3.8) is 0 Å². The molecule has 1 N–H and O–H groups in total. The van der Waals surface area contributed by atoms with Gasteiger partial charge in [0.1, 0.15) is 17.7 Å². The van der Waals surface area contributed by atoms with Crippen LogP contribution in [0.25, 0.3) is 0 Å². The number of aromatic nitrogens is 1. The second-order valence-corrected chi connectivity index (χ2v) is 4.10. The van der Waals surface area contributed by atoms with E-state index in [1.807, 2.05) is 0 Å². The second kappa shape index (κ2) is 5.33. The van der Waals surface area contributed by atoms with E-state index in [0.29, 0.717) is 16.3 Å². The zero-order valence-corrected chi connectivity index (χ0v) is 10.4. The maximum absolute atomic E-state index is 13.5. The van der Waals surface area contributed by atoms with Gasteiger partial charge in [-0.15, -0.1) is 0 Å². The summed E-state index contributed by atoms with van der Waals surface area (Å²) < 4.78 is 18.5. The van der Waals surface area contributed by atoms with E-state index in [1.165, 1.54) is 19.4 Å². The van der Waals surface area contributed by atoms with Gasteiger partial charge < -0.3 is 9.84 Å². The maximum atomic E-state index is 13.5. The molecule has 0 saturated carbocycles. The summed E-state index contributed by atoms with van der Waals surface area (Å²) in [6.45, 7) is 0. The predicted octanol–water partition coefficient (Wildman–Crippen LogP) is 2.96. The predicted molar refractivity (Wildman–Crippen MR) is 66.3 cm³/mol. The van der Waals surface area contributed by atoms with Crippen LogP contribution in [0.5, 0.6) is 5.75 Å². The summed E-state index contributed by atoms with van der Waals surface area (Å²) in [7, 11) is 1.50. The number of pyridine rings is 1. The summed E-state index contributed by atoms with van der Waals surface area (Å²) in [5, 5.41) is 10.5. The first-order chi connectivity index (χ1) is 8.63. The smallest absolute Gasteiger partial charge is 0.147 e. The van der Waals surface area contributed by atoms with Crippen LogP contribution in [-0.4, -0.2) is 17.2 Å². The Labute approximate surface area is 109 Å². The number of rotatable bonds is 3. The minimum absolute atomic E-state index is 0.159. The third-order valence-corrected chi connectivity index (χ3v) is 2.89. The highest BCUT2D eigenvalue weighted by atomic mass is 35.5. The highest BCUT2D eigenvalue weighted by Gasteiger charge is 2.16. The molecule has 1 aromatic carbocycles. The number of benzene rings is 1. The Hall–Kier alpha value is -1.65. The van der Waals surface area contributed by atoms with Gasteiger partial charge in [-0.3, -0.25) is 4.98 Å². The van der Waals surface area contributed by atoms with E-state index in [1.54, 1.807) is 18.2 Å². The van der Waals surface area contributed by atoms with E-state index in [0.717, 1.165) is 6.20 Å². The van der Waals surface area contributed by atoms with Crippen molar-refractivity contribution in [1.82, 2.24) is 4.98 Å². The van der Waals surface area contributed by atoms with Gasteiger partial charge in [0.2, 0.25) is 0 Å². The molecule has 0 bridgehead atoms. The molecule has 0 spiro atoms. The molecule has 0 fully saturated rings. The van der Waals surface area contributed by atoms with Gasteiger partial charge in [0.05, 0.1) is 18.3 Å². The molecule has 2 aromatic rings. The Morgan fingerprint density at radius 2 is 2.17 bits per heavy atom. The summed E-state index contributed by atoms with van der Waals surface area (Å²) >= 11 is 5.96. The molecule has 1 aromatic heterocycles. The zero-order chi connectivity index (χ0) is 13.1. The molecule has 18 heavy (non-hydrogen) atoms. The Morgan fingerprint density at radius 3 is 2.78 bits per heavy atom. The van der Waals surface area contributed by atoms with Crippen LogP contribution in [0.4, 0.5) is 4.39 Å². The molecule has 0 amide bonds. The lowest BCUT2D eigenvalue weighted by Crippen LogP contribution is -2.03. The summed E-state index contributed by atoms with van der Waals surface area (Å²) in [6.07, 6.45) is 1.40. The Balaban J connectivity index is 2.37. The number of hydrogen-bond donors (Lipinski definition) is 1. The van der Waals surface area contributed by atoms with Crippen LogP contribution in [0.3, 0.4) is 0 Å².